The summed E-state index contributed by atoms with van der Waals surface area (Å²) in [7, 11) is -2.49. The molecule has 1 N–H and O–H groups in total. The number of sulfonamides is 1. The molecule has 1 heterocycles. The molecule has 0 unspecified atom stereocenters. The van der Waals surface area contributed by atoms with Crippen molar-refractivity contribution in [2.24, 2.45) is 0 Å². The van der Waals surface area contributed by atoms with Crippen molar-refractivity contribution in [3.05, 3.63) is 87.7 Å². The number of aromatic nitrogens is 2. The van der Waals surface area contributed by atoms with E-state index in [2.05, 4.69) is 9.97 Å². The summed E-state index contributed by atoms with van der Waals surface area (Å²) >= 11 is 0. The summed E-state index contributed by atoms with van der Waals surface area (Å²) in [5.41, 5.74) is 1.05. The van der Waals surface area contributed by atoms with Crippen LogP contribution in [0.5, 0.6) is 0 Å². The van der Waals surface area contributed by atoms with E-state index in [-0.39, 0.29) is 5.56 Å². The summed E-state index contributed by atoms with van der Waals surface area (Å²) in [6, 6.07) is 14.3. The summed E-state index contributed by atoms with van der Waals surface area (Å²) in [5, 5.41) is 10.9. The molecule has 1 amide bonds. The van der Waals surface area contributed by atoms with Gasteiger partial charge in [0.25, 0.3) is 21.6 Å². The molecule has 11 heteroatoms. The molecular weight excluding hydrogens is 434 g/mol. The maximum atomic E-state index is 12.5. The predicted molar refractivity (Wildman–Crippen MR) is 118 cm³/mol. The van der Waals surface area contributed by atoms with Gasteiger partial charge in [-0.05, 0) is 25.0 Å². The number of amides is 1. The number of benzene rings is 2. The summed E-state index contributed by atoms with van der Waals surface area (Å²) in [5.74, 6) is -0.524. The summed E-state index contributed by atoms with van der Waals surface area (Å²) < 4.78 is 26.9. The highest BCUT2D eigenvalue weighted by Gasteiger charge is 2.23. The molecule has 0 radical (unpaired) electrons. The Labute approximate surface area is 185 Å². The molecule has 1 aromatic heterocycles. The lowest BCUT2D eigenvalue weighted by Gasteiger charge is -2.18. The van der Waals surface area contributed by atoms with Gasteiger partial charge < -0.3 is 4.90 Å². The first-order chi connectivity index (χ1) is 15.2. The lowest BCUT2D eigenvalue weighted by molar-refractivity contribution is -0.385. The number of nitro benzene ring substituents is 1. The Bertz CT molecular complexity index is 1250. The monoisotopic (exact) mass is 455 g/mol. The minimum Gasteiger partial charge on any atom is -0.344 e. The van der Waals surface area contributed by atoms with Gasteiger partial charge >= 0.3 is 0 Å². The molecular formula is C21H21N5O5S. The minimum atomic E-state index is -4.32. The standard InChI is InChI=1S/C21H21N5O5S/c1-15-19(14-22-21(23-15)25(2)12-11-16-7-4-3-5-8-16)20(27)24-32(30,31)18-10-6-9-17(13-18)26(28)29/h3-10,13-14H,11-12H2,1-2H3,(H,24,27). The average Bonchev–Trinajstić information content (AvgIpc) is 2.77. The van der Waals surface area contributed by atoms with Crippen molar-refractivity contribution in [1.82, 2.24) is 14.7 Å². The van der Waals surface area contributed by atoms with Gasteiger partial charge in [-0.3, -0.25) is 14.9 Å². The second-order valence-corrected chi connectivity index (χ2v) is 8.70. The fraction of sp³-hybridized carbons (Fsp3) is 0.190. The van der Waals surface area contributed by atoms with Crippen LogP contribution >= 0.6 is 0 Å². The average molecular weight is 455 g/mol. The zero-order valence-electron chi connectivity index (χ0n) is 17.4. The molecule has 32 heavy (non-hydrogen) atoms. The molecule has 0 aliphatic rings. The van der Waals surface area contributed by atoms with E-state index >= 15 is 0 Å². The van der Waals surface area contributed by atoms with Crippen LogP contribution in [0.4, 0.5) is 11.6 Å². The van der Waals surface area contributed by atoms with Crippen LogP contribution < -0.4 is 9.62 Å². The SMILES string of the molecule is Cc1nc(N(C)CCc2ccccc2)ncc1C(=O)NS(=O)(=O)c1cccc([N+](=O)[O-])c1. The van der Waals surface area contributed by atoms with E-state index in [1.54, 1.807) is 6.92 Å². The third-order valence-electron chi connectivity index (χ3n) is 4.70. The highest BCUT2D eigenvalue weighted by atomic mass is 32.2. The van der Waals surface area contributed by atoms with Crippen molar-refractivity contribution in [2.75, 3.05) is 18.5 Å². The number of carbonyl (C=O) groups is 1. The van der Waals surface area contributed by atoms with E-state index in [1.165, 1.54) is 17.8 Å². The maximum Gasteiger partial charge on any atom is 0.270 e. The first kappa shape index (κ1) is 22.8. The summed E-state index contributed by atoms with van der Waals surface area (Å²) in [6.07, 6.45) is 2.04. The maximum absolute atomic E-state index is 12.5. The van der Waals surface area contributed by atoms with Crippen LogP contribution in [0.1, 0.15) is 21.6 Å². The number of nitrogens with one attached hydrogen (secondary N) is 1. The molecule has 0 saturated carbocycles. The van der Waals surface area contributed by atoms with Crippen molar-refractivity contribution < 1.29 is 18.1 Å². The molecule has 0 fully saturated rings. The smallest absolute Gasteiger partial charge is 0.270 e. The summed E-state index contributed by atoms with van der Waals surface area (Å²) in [6.45, 7) is 2.22. The van der Waals surface area contributed by atoms with Crippen LogP contribution in [-0.2, 0) is 16.4 Å². The molecule has 3 aromatic rings. The zero-order chi connectivity index (χ0) is 23.3. The van der Waals surface area contributed by atoms with Crippen molar-refractivity contribution >= 4 is 27.6 Å². The number of nitro groups is 1. The predicted octanol–water partition coefficient (Wildman–Crippen LogP) is 2.49. The number of hydrogen-bond donors (Lipinski definition) is 1. The number of hydrogen-bond acceptors (Lipinski definition) is 8. The molecule has 166 valence electrons. The molecule has 0 atom stereocenters. The van der Waals surface area contributed by atoms with Crippen LogP contribution in [0.2, 0.25) is 0 Å². The Morgan fingerprint density at radius 3 is 2.53 bits per heavy atom. The molecule has 10 nitrogen and oxygen atoms in total. The fourth-order valence-electron chi connectivity index (χ4n) is 2.90. The van der Waals surface area contributed by atoms with E-state index in [9.17, 15) is 23.3 Å². The number of likely N-dealkylation sites (N-methyl/N-ethyl adjacent to an activating group) is 1. The number of non-ortho nitro benzene ring substituents is 1. The number of nitrogens with zero attached hydrogens (tertiary/aromatic N) is 4. The Balaban J connectivity index is 1.72. The van der Waals surface area contributed by atoms with Crippen molar-refractivity contribution in [1.29, 1.82) is 0 Å². The lowest BCUT2D eigenvalue weighted by Crippen LogP contribution is -2.32. The van der Waals surface area contributed by atoms with Gasteiger partial charge in [-0.1, -0.05) is 36.4 Å². The lowest BCUT2D eigenvalue weighted by atomic mass is 10.1. The number of aryl methyl sites for hydroxylation is 1. The number of carbonyl (C=O) groups excluding carboxylic acids is 1. The van der Waals surface area contributed by atoms with Gasteiger partial charge in [0, 0.05) is 31.9 Å². The Kier molecular flexibility index (Phi) is 6.79. The fourth-order valence-corrected chi connectivity index (χ4v) is 3.91. The third kappa shape index (κ3) is 5.43. The molecule has 3 rings (SSSR count). The van der Waals surface area contributed by atoms with Gasteiger partial charge in [-0.15, -0.1) is 0 Å². The van der Waals surface area contributed by atoms with E-state index in [0.717, 1.165) is 24.6 Å². The number of anilines is 1. The first-order valence-electron chi connectivity index (χ1n) is 9.57. The van der Waals surface area contributed by atoms with Crippen molar-refractivity contribution in [3.63, 3.8) is 0 Å². The van der Waals surface area contributed by atoms with E-state index < -0.39 is 31.4 Å². The largest absolute Gasteiger partial charge is 0.344 e. The van der Waals surface area contributed by atoms with E-state index in [0.29, 0.717) is 18.2 Å². The van der Waals surface area contributed by atoms with Crippen molar-refractivity contribution in [3.8, 4) is 0 Å². The third-order valence-corrected chi connectivity index (χ3v) is 6.03. The Hall–Kier alpha value is -3.86. The van der Waals surface area contributed by atoms with Gasteiger partial charge in [-0.25, -0.2) is 23.1 Å². The second-order valence-electron chi connectivity index (χ2n) is 7.02. The highest BCUT2D eigenvalue weighted by Crippen LogP contribution is 2.18. The molecule has 0 bridgehead atoms. The topological polar surface area (TPSA) is 135 Å². The van der Waals surface area contributed by atoms with Crippen molar-refractivity contribution in [2.45, 2.75) is 18.2 Å². The normalized spacial score (nSPS) is 11.1. The van der Waals surface area contributed by atoms with Gasteiger partial charge in [0.1, 0.15) is 0 Å². The van der Waals surface area contributed by atoms with E-state index in [1.807, 2.05) is 47.0 Å². The van der Waals surface area contributed by atoms with Crippen LogP contribution in [0, 0.1) is 17.0 Å². The van der Waals surface area contributed by atoms with E-state index in [4.69, 9.17) is 0 Å². The summed E-state index contributed by atoms with van der Waals surface area (Å²) in [4.78, 5) is 32.7. The Morgan fingerprint density at radius 2 is 1.88 bits per heavy atom. The van der Waals surface area contributed by atoms with Crippen LogP contribution in [0.3, 0.4) is 0 Å². The van der Waals surface area contributed by atoms with Crippen LogP contribution in [0.15, 0.2) is 65.7 Å². The van der Waals surface area contributed by atoms with Gasteiger partial charge in [0.15, 0.2) is 0 Å². The number of rotatable bonds is 8. The minimum absolute atomic E-state index is 0.0146. The van der Waals surface area contributed by atoms with Crippen LogP contribution in [-0.4, -0.2) is 42.8 Å². The molecule has 0 aliphatic carbocycles. The molecule has 0 saturated heterocycles. The molecule has 0 aliphatic heterocycles. The first-order valence-corrected chi connectivity index (χ1v) is 11.1. The molecule has 0 spiro atoms. The second kappa shape index (κ2) is 9.52. The van der Waals surface area contributed by atoms with Gasteiger partial charge in [-0.2, -0.15) is 0 Å². The van der Waals surface area contributed by atoms with Gasteiger partial charge in [0.2, 0.25) is 5.95 Å². The molecule has 2 aromatic carbocycles. The Morgan fingerprint density at radius 1 is 1.16 bits per heavy atom. The van der Waals surface area contributed by atoms with Crippen LogP contribution in [0.25, 0.3) is 0 Å². The quantitative estimate of drug-likeness (QED) is 0.404. The van der Waals surface area contributed by atoms with Gasteiger partial charge in [0.05, 0.1) is 21.1 Å². The zero-order valence-corrected chi connectivity index (χ0v) is 18.2. The highest BCUT2D eigenvalue weighted by molar-refractivity contribution is 7.90.